The van der Waals surface area contributed by atoms with Crippen LogP contribution in [-0.4, -0.2) is 14.7 Å². The van der Waals surface area contributed by atoms with E-state index in [4.69, 9.17) is 0 Å². The van der Waals surface area contributed by atoms with Crippen molar-refractivity contribution < 1.29 is 8.42 Å². The van der Waals surface area contributed by atoms with Crippen molar-refractivity contribution in [3.63, 3.8) is 0 Å². The van der Waals surface area contributed by atoms with E-state index in [1.165, 1.54) is 6.26 Å². The van der Waals surface area contributed by atoms with Crippen LogP contribution in [0.1, 0.15) is 27.7 Å². The zero-order chi connectivity index (χ0) is 9.28. The molecule has 0 aliphatic carbocycles. The predicted octanol–water partition coefficient (Wildman–Crippen LogP) is 1.98. The van der Waals surface area contributed by atoms with Crippen molar-refractivity contribution >= 4 is 9.84 Å². The number of hydrogen-bond donors (Lipinski definition) is 0. The molecule has 0 aromatic rings. The molecule has 0 bridgehead atoms. The quantitative estimate of drug-likeness (QED) is 0.612. The van der Waals surface area contributed by atoms with Gasteiger partial charge in [-0.05, 0) is 12.3 Å². The maximum Gasteiger partial charge on any atom is 0.171 e. The SMILES string of the molecule is C/C(=C\C(C)(C)C)S(C)(=O)=O. The van der Waals surface area contributed by atoms with Crippen molar-refractivity contribution in [3.8, 4) is 0 Å². The van der Waals surface area contributed by atoms with Crippen LogP contribution in [-0.2, 0) is 9.84 Å². The summed E-state index contributed by atoms with van der Waals surface area (Å²) in [6.45, 7) is 7.55. The normalized spacial score (nSPS) is 15.2. The van der Waals surface area contributed by atoms with Gasteiger partial charge in [0.2, 0.25) is 0 Å². The van der Waals surface area contributed by atoms with E-state index in [9.17, 15) is 8.42 Å². The molecule has 11 heavy (non-hydrogen) atoms. The van der Waals surface area contributed by atoms with E-state index in [0.29, 0.717) is 4.91 Å². The Morgan fingerprint density at radius 1 is 1.27 bits per heavy atom. The van der Waals surface area contributed by atoms with Gasteiger partial charge in [0.1, 0.15) is 0 Å². The molecule has 0 aliphatic heterocycles. The third kappa shape index (κ3) is 5.01. The molecule has 0 unspecified atom stereocenters. The molecule has 0 radical (unpaired) electrons. The second kappa shape index (κ2) is 2.97. The Kier molecular flexibility index (Phi) is 2.89. The van der Waals surface area contributed by atoms with Crippen LogP contribution >= 0.6 is 0 Å². The van der Waals surface area contributed by atoms with Crippen LogP contribution in [0.15, 0.2) is 11.0 Å². The topological polar surface area (TPSA) is 34.1 Å². The second-order valence-electron chi connectivity index (χ2n) is 3.89. The van der Waals surface area contributed by atoms with Crippen molar-refractivity contribution in [3.05, 3.63) is 11.0 Å². The lowest BCUT2D eigenvalue weighted by Crippen LogP contribution is -2.05. The first-order valence-corrected chi connectivity index (χ1v) is 5.41. The molecule has 0 atom stereocenters. The summed E-state index contributed by atoms with van der Waals surface area (Å²) in [5.74, 6) is 0. The fourth-order valence-electron chi connectivity index (χ4n) is 0.717. The predicted molar refractivity (Wildman–Crippen MR) is 48.1 cm³/mol. The highest BCUT2D eigenvalue weighted by atomic mass is 32.2. The fraction of sp³-hybridized carbons (Fsp3) is 0.750. The van der Waals surface area contributed by atoms with Crippen LogP contribution in [0.3, 0.4) is 0 Å². The highest BCUT2D eigenvalue weighted by molar-refractivity contribution is 7.94. The minimum atomic E-state index is -2.97. The van der Waals surface area contributed by atoms with E-state index >= 15 is 0 Å². The molecule has 0 saturated carbocycles. The maximum atomic E-state index is 10.9. The van der Waals surface area contributed by atoms with E-state index in [-0.39, 0.29) is 5.41 Å². The summed E-state index contributed by atoms with van der Waals surface area (Å²) in [6, 6.07) is 0. The standard InChI is InChI=1S/C8H16O2S/c1-7(11(5,9)10)6-8(2,3)4/h6H,1-5H3/b7-6+. The van der Waals surface area contributed by atoms with Crippen LogP contribution < -0.4 is 0 Å². The molecule has 0 rings (SSSR count). The summed E-state index contributed by atoms with van der Waals surface area (Å²) in [4.78, 5) is 0.449. The Hall–Kier alpha value is -0.310. The smallest absolute Gasteiger partial charge is 0.171 e. The van der Waals surface area contributed by atoms with Crippen LogP contribution in [0.4, 0.5) is 0 Å². The van der Waals surface area contributed by atoms with E-state index in [1.807, 2.05) is 20.8 Å². The van der Waals surface area contributed by atoms with Gasteiger partial charge in [-0.1, -0.05) is 26.8 Å². The van der Waals surface area contributed by atoms with Crippen LogP contribution in [0.25, 0.3) is 0 Å². The monoisotopic (exact) mass is 176 g/mol. The molecule has 0 fully saturated rings. The molecule has 0 heterocycles. The van der Waals surface area contributed by atoms with Crippen molar-refractivity contribution in [1.29, 1.82) is 0 Å². The number of allylic oxidation sites excluding steroid dienone is 2. The Labute approximate surface area is 69.2 Å². The summed E-state index contributed by atoms with van der Waals surface area (Å²) in [6.07, 6.45) is 2.99. The molecule has 0 spiro atoms. The zero-order valence-electron chi connectivity index (χ0n) is 7.80. The van der Waals surface area contributed by atoms with E-state index in [2.05, 4.69) is 0 Å². The largest absolute Gasteiger partial charge is 0.224 e. The second-order valence-corrected chi connectivity index (χ2v) is 6.08. The van der Waals surface area contributed by atoms with E-state index in [0.717, 1.165) is 0 Å². The molecule has 66 valence electrons. The molecule has 3 heteroatoms. The molecule has 0 saturated heterocycles. The molecular formula is C8H16O2S. The third-order valence-corrected chi connectivity index (χ3v) is 2.51. The van der Waals surface area contributed by atoms with Gasteiger partial charge >= 0.3 is 0 Å². The summed E-state index contributed by atoms with van der Waals surface area (Å²) >= 11 is 0. The lowest BCUT2D eigenvalue weighted by molar-refractivity contribution is 0.540. The van der Waals surface area contributed by atoms with Crippen molar-refractivity contribution in [1.82, 2.24) is 0 Å². The van der Waals surface area contributed by atoms with Crippen molar-refractivity contribution in [2.45, 2.75) is 27.7 Å². The van der Waals surface area contributed by atoms with Gasteiger partial charge in [0.25, 0.3) is 0 Å². The number of hydrogen-bond acceptors (Lipinski definition) is 2. The summed E-state index contributed by atoms with van der Waals surface area (Å²) in [5.41, 5.74) is -0.0623. The lowest BCUT2D eigenvalue weighted by atomic mass is 9.96. The maximum absolute atomic E-state index is 10.9. The van der Waals surface area contributed by atoms with Gasteiger partial charge in [-0.3, -0.25) is 0 Å². The summed E-state index contributed by atoms with van der Waals surface area (Å²) in [7, 11) is -2.97. The third-order valence-electron chi connectivity index (χ3n) is 1.22. The first-order chi connectivity index (χ1) is 4.63. The summed E-state index contributed by atoms with van der Waals surface area (Å²) < 4.78 is 21.9. The molecule has 0 aromatic carbocycles. The highest BCUT2D eigenvalue weighted by Gasteiger charge is 2.11. The molecule has 0 aromatic heterocycles. The first kappa shape index (κ1) is 10.7. The first-order valence-electron chi connectivity index (χ1n) is 3.52. The van der Waals surface area contributed by atoms with Crippen LogP contribution in [0.2, 0.25) is 0 Å². The molecule has 0 amide bonds. The van der Waals surface area contributed by atoms with Gasteiger partial charge < -0.3 is 0 Å². The molecule has 2 nitrogen and oxygen atoms in total. The van der Waals surface area contributed by atoms with Gasteiger partial charge in [0, 0.05) is 11.2 Å². The average Bonchev–Trinajstić information content (AvgIpc) is 1.56. The average molecular weight is 176 g/mol. The highest BCUT2D eigenvalue weighted by Crippen LogP contribution is 2.19. The van der Waals surface area contributed by atoms with E-state index < -0.39 is 9.84 Å². The number of rotatable bonds is 1. The minimum absolute atomic E-state index is 0.0623. The Bertz CT molecular complexity index is 252. The fourth-order valence-corrected chi connectivity index (χ4v) is 1.28. The molecule has 0 N–H and O–H groups in total. The van der Waals surface area contributed by atoms with Gasteiger partial charge in [-0.2, -0.15) is 0 Å². The summed E-state index contributed by atoms with van der Waals surface area (Å²) in [5, 5.41) is 0. The van der Waals surface area contributed by atoms with Crippen LogP contribution in [0, 0.1) is 5.41 Å². The molecule has 0 aliphatic rings. The van der Waals surface area contributed by atoms with Gasteiger partial charge in [0.05, 0.1) is 0 Å². The zero-order valence-corrected chi connectivity index (χ0v) is 8.62. The van der Waals surface area contributed by atoms with Crippen LogP contribution in [0.5, 0.6) is 0 Å². The van der Waals surface area contributed by atoms with E-state index in [1.54, 1.807) is 13.0 Å². The lowest BCUT2D eigenvalue weighted by Gasteiger charge is -2.12. The number of sulfone groups is 1. The minimum Gasteiger partial charge on any atom is -0.224 e. The Morgan fingerprint density at radius 3 is 1.73 bits per heavy atom. The van der Waals surface area contributed by atoms with Crippen molar-refractivity contribution in [2.75, 3.05) is 6.26 Å². The van der Waals surface area contributed by atoms with Gasteiger partial charge in [-0.25, -0.2) is 8.42 Å². The Balaban J connectivity index is 4.78. The van der Waals surface area contributed by atoms with Gasteiger partial charge in [0.15, 0.2) is 9.84 Å². The Morgan fingerprint density at radius 2 is 1.64 bits per heavy atom. The van der Waals surface area contributed by atoms with Gasteiger partial charge in [-0.15, -0.1) is 0 Å². The van der Waals surface area contributed by atoms with Crippen molar-refractivity contribution in [2.24, 2.45) is 5.41 Å². The molecular weight excluding hydrogens is 160 g/mol.